The van der Waals surface area contributed by atoms with E-state index in [1.165, 1.54) is 83.5 Å². The lowest BCUT2D eigenvalue weighted by Gasteiger charge is -2.13. The van der Waals surface area contributed by atoms with Crippen LogP contribution in [-0.2, 0) is 9.53 Å². The second-order valence-corrected chi connectivity index (χ2v) is 9.67. The Morgan fingerprint density at radius 1 is 0.941 bits per heavy atom. The molecule has 1 atom stereocenters. The molecule has 0 fully saturated rings. The van der Waals surface area contributed by atoms with Crippen molar-refractivity contribution >= 4 is 17.7 Å². The molecule has 0 aromatic carbocycles. The van der Waals surface area contributed by atoms with E-state index in [-0.39, 0.29) is 12.6 Å². The number of ether oxygens (including phenoxy) is 1. The van der Waals surface area contributed by atoms with Crippen LogP contribution < -0.4 is 11.1 Å². The van der Waals surface area contributed by atoms with Crippen molar-refractivity contribution in [2.75, 3.05) is 44.9 Å². The molecule has 0 aliphatic carbocycles. The van der Waals surface area contributed by atoms with E-state index in [1.54, 1.807) is 11.8 Å². The number of nitrogens with two attached hydrogens (primary N) is 1. The van der Waals surface area contributed by atoms with Gasteiger partial charge in [-0.05, 0) is 57.1 Å². The fraction of sp³-hybridized carbons (Fsp3) is 0.889. The topological polar surface area (TPSA) is 105 Å². The number of carboxylic acids is 1. The number of thioether (sulfide) groups is 1. The van der Waals surface area contributed by atoms with Crippen molar-refractivity contribution in [3.05, 3.63) is 12.2 Å². The lowest BCUT2D eigenvalue weighted by atomic mass is 10.1. The van der Waals surface area contributed by atoms with Crippen LogP contribution in [0.2, 0.25) is 0 Å². The summed E-state index contributed by atoms with van der Waals surface area (Å²) in [6, 6.07) is -0.374. The summed E-state index contributed by atoms with van der Waals surface area (Å²) in [4.78, 5) is 11.1. The Morgan fingerprint density at radius 2 is 1.50 bits per heavy atom. The molecule has 0 aromatic rings. The summed E-state index contributed by atoms with van der Waals surface area (Å²) in [5.74, 6) is 0.186. The monoisotopic (exact) mass is 504 g/mol. The minimum atomic E-state index is -0.714. The van der Waals surface area contributed by atoms with E-state index in [4.69, 9.17) is 20.7 Å². The number of unbranched alkanes of at least 4 members (excludes halogenated alkanes) is 12. The van der Waals surface area contributed by atoms with E-state index in [2.05, 4.69) is 24.4 Å². The highest BCUT2D eigenvalue weighted by molar-refractivity contribution is 7.98. The number of hydrogen-bond donors (Lipinski definition) is 4. The van der Waals surface area contributed by atoms with Gasteiger partial charge in [0, 0.05) is 6.54 Å². The van der Waals surface area contributed by atoms with Crippen LogP contribution >= 0.6 is 11.8 Å². The average molecular weight is 505 g/mol. The smallest absolute Gasteiger partial charge is 0.320 e. The van der Waals surface area contributed by atoms with Gasteiger partial charge >= 0.3 is 5.97 Å². The minimum absolute atomic E-state index is 0.0833. The quantitative estimate of drug-likeness (QED) is 0.0923. The molecule has 0 amide bonds. The number of rotatable bonds is 25. The summed E-state index contributed by atoms with van der Waals surface area (Å²) >= 11 is 1.70. The number of carbonyl (C=O) groups is 1. The molecule has 0 rings (SSSR count). The lowest BCUT2D eigenvalue weighted by molar-refractivity contribution is -0.139. The Labute approximate surface area is 214 Å². The Bertz CT molecular complexity index is 421. The van der Waals surface area contributed by atoms with Gasteiger partial charge in [0.15, 0.2) is 0 Å². The van der Waals surface area contributed by atoms with Crippen molar-refractivity contribution < 1.29 is 19.7 Å². The average Bonchev–Trinajstić information content (AvgIpc) is 2.83. The lowest BCUT2D eigenvalue weighted by Crippen LogP contribution is -2.37. The van der Waals surface area contributed by atoms with Gasteiger partial charge in [-0.25, -0.2) is 0 Å². The van der Waals surface area contributed by atoms with Crippen molar-refractivity contribution in [1.29, 1.82) is 0 Å². The molecule has 0 aliphatic rings. The van der Waals surface area contributed by atoms with E-state index >= 15 is 0 Å². The molecule has 0 bridgehead atoms. The van der Waals surface area contributed by atoms with E-state index < -0.39 is 5.97 Å². The SMILES string of the molecule is CCCCCCCCC=CCCCCCCCCNC(CCSC)C(=O)O.NCCOCCO. The Balaban J connectivity index is 0. The molecule has 34 heavy (non-hydrogen) atoms. The zero-order valence-electron chi connectivity index (χ0n) is 22.3. The van der Waals surface area contributed by atoms with E-state index in [1.807, 2.05) is 6.26 Å². The van der Waals surface area contributed by atoms with Crippen molar-refractivity contribution in [2.45, 2.75) is 109 Å². The molecule has 0 radical (unpaired) electrons. The van der Waals surface area contributed by atoms with Gasteiger partial charge in [-0.15, -0.1) is 0 Å². The molecular formula is C27H56N2O4S. The van der Waals surface area contributed by atoms with Gasteiger partial charge in [0.25, 0.3) is 0 Å². The summed E-state index contributed by atoms with van der Waals surface area (Å²) in [6.45, 7) is 4.65. The number of aliphatic carboxylic acids is 1. The largest absolute Gasteiger partial charge is 0.480 e. The fourth-order valence-electron chi connectivity index (χ4n) is 3.45. The zero-order chi connectivity index (χ0) is 25.5. The molecule has 7 heteroatoms. The first-order chi connectivity index (χ1) is 16.6. The van der Waals surface area contributed by atoms with Crippen LogP contribution in [0, 0.1) is 0 Å². The third kappa shape index (κ3) is 31.4. The molecule has 0 aromatic heterocycles. The Morgan fingerprint density at radius 3 is 2.00 bits per heavy atom. The number of aliphatic hydroxyl groups excluding tert-OH is 1. The van der Waals surface area contributed by atoms with Crippen LogP contribution in [-0.4, -0.2) is 67.1 Å². The normalized spacial score (nSPS) is 12.0. The number of allylic oxidation sites excluding steroid dienone is 2. The maximum atomic E-state index is 11.1. The summed E-state index contributed by atoms with van der Waals surface area (Å²) in [5, 5.41) is 20.5. The summed E-state index contributed by atoms with van der Waals surface area (Å²) in [7, 11) is 0. The fourth-order valence-corrected chi connectivity index (χ4v) is 3.92. The van der Waals surface area contributed by atoms with Crippen LogP contribution in [0.1, 0.15) is 103 Å². The maximum Gasteiger partial charge on any atom is 0.320 e. The Kier molecular flexibility index (Phi) is 33.9. The summed E-state index contributed by atoms with van der Waals surface area (Å²) in [5.41, 5.74) is 5.06. The summed E-state index contributed by atoms with van der Waals surface area (Å²) in [6.07, 6.45) is 25.8. The molecule has 5 N–H and O–H groups in total. The van der Waals surface area contributed by atoms with E-state index in [0.29, 0.717) is 26.2 Å². The Hall–Kier alpha value is -0.600. The predicted molar refractivity (Wildman–Crippen MR) is 149 cm³/mol. The van der Waals surface area contributed by atoms with Crippen molar-refractivity contribution in [1.82, 2.24) is 5.32 Å². The third-order valence-corrected chi connectivity index (χ3v) is 6.13. The molecule has 1 unspecified atom stereocenters. The van der Waals surface area contributed by atoms with Gasteiger partial charge in [-0.2, -0.15) is 11.8 Å². The second kappa shape index (κ2) is 32.4. The van der Waals surface area contributed by atoms with Gasteiger partial charge in [0.05, 0.1) is 19.8 Å². The number of aliphatic hydroxyl groups is 1. The second-order valence-electron chi connectivity index (χ2n) is 8.69. The third-order valence-electron chi connectivity index (χ3n) is 5.49. The first-order valence-corrected chi connectivity index (χ1v) is 15.0. The van der Waals surface area contributed by atoms with Gasteiger partial charge < -0.3 is 26.0 Å². The van der Waals surface area contributed by atoms with E-state index in [0.717, 1.165) is 18.7 Å². The molecule has 0 spiro atoms. The highest BCUT2D eigenvalue weighted by Crippen LogP contribution is 2.10. The van der Waals surface area contributed by atoms with Gasteiger partial charge in [-0.1, -0.05) is 76.9 Å². The molecule has 6 nitrogen and oxygen atoms in total. The number of hydrogen-bond acceptors (Lipinski definition) is 6. The number of nitrogens with one attached hydrogen (secondary N) is 1. The highest BCUT2D eigenvalue weighted by atomic mass is 32.2. The van der Waals surface area contributed by atoms with Crippen LogP contribution in [0.25, 0.3) is 0 Å². The van der Waals surface area contributed by atoms with E-state index in [9.17, 15) is 4.79 Å². The highest BCUT2D eigenvalue weighted by Gasteiger charge is 2.15. The minimum Gasteiger partial charge on any atom is -0.480 e. The van der Waals surface area contributed by atoms with Crippen molar-refractivity contribution in [3.63, 3.8) is 0 Å². The molecule has 0 heterocycles. The number of carboxylic acid groups (broad SMARTS) is 1. The molecule has 0 saturated carbocycles. The molecule has 204 valence electrons. The van der Waals surface area contributed by atoms with Crippen molar-refractivity contribution in [3.8, 4) is 0 Å². The first-order valence-electron chi connectivity index (χ1n) is 13.6. The molecule has 0 aliphatic heterocycles. The molecule has 0 saturated heterocycles. The van der Waals surface area contributed by atoms with Crippen molar-refractivity contribution in [2.24, 2.45) is 5.73 Å². The van der Waals surface area contributed by atoms with Crippen LogP contribution in [0.15, 0.2) is 12.2 Å². The molecular weight excluding hydrogens is 448 g/mol. The standard InChI is InChI=1S/C23H45NO2S.C4H11NO2/c1-3-4-5-6-7-8-9-10-11-12-13-14-15-16-17-18-20-24-22(23(25)26)19-21-27-2;5-1-3-7-4-2-6/h10-11,22,24H,3-9,12-21H2,1-2H3,(H,25,26);6H,1-5H2. The van der Waals surface area contributed by atoms with Gasteiger partial charge in [-0.3, -0.25) is 4.79 Å². The summed E-state index contributed by atoms with van der Waals surface area (Å²) < 4.78 is 4.76. The van der Waals surface area contributed by atoms with Crippen LogP contribution in [0.5, 0.6) is 0 Å². The maximum absolute atomic E-state index is 11.1. The van der Waals surface area contributed by atoms with Crippen LogP contribution in [0.3, 0.4) is 0 Å². The van der Waals surface area contributed by atoms with Crippen LogP contribution in [0.4, 0.5) is 0 Å². The van der Waals surface area contributed by atoms with Gasteiger partial charge in [0.1, 0.15) is 6.04 Å². The first kappa shape index (κ1) is 35.6. The zero-order valence-corrected chi connectivity index (χ0v) is 23.1. The van der Waals surface area contributed by atoms with Gasteiger partial charge in [0.2, 0.25) is 0 Å². The predicted octanol–water partition coefficient (Wildman–Crippen LogP) is 5.77.